The molecule has 0 saturated carbocycles. The van der Waals surface area contributed by atoms with Crippen molar-refractivity contribution in [2.75, 3.05) is 13.2 Å². The Morgan fingerprint density at radius 1 is 1.00 bits per heavy atom. The SMILES string of the molecule is CCCCCCCCOC1OC[C@@H](O)[C@H](O)[C@@H]1O. The van der Waals surface area contributed by atoms with E-state index in [9.17, 15) is 15.3 Å². The summed E-state index contributed by atoms with van der Waals surface area (Å²) in [6.45, 7) is 2.70. The van der Waals surface area contributed by atoms with E-state index in [-0.39, 0.29) is 6.61 Å². The third-order valence-corrected chi connectivity index (χ3v) is 3.23. The predicted molar refractivity (Wildman–Crippen MR) is 67.1 cm³/mol. The van der Waals surface area contributed by atoms with E-state index >= 15 is 0 Å². The minimum absolute atomic E-state index is 0.000602. The molecule has 0 bridgehead atoms. The first kappa shape index (κ1) is 15.9. The number of hydrogen-bond acceptors (Lipinski definition) is 5. The Kier molecular flexibility index (Phi) is 7.77. The largest absolute Gasteiger partial charge is 0.388 e. The summed E-state index contributed by atoms with van der Waals surface area (Å²) in [5.74, 6) is 0. The van der Waals surface area contributed by atoms with Gasteiger partial charge in [-0.3, -0.25) is 0 Å². The molecule has 5 heteroatoms. The van der Waals surface area contributed by atoms with E-state index in [1.54, 1.807) is 0 Å². The topological polar surface area (TPSA) is 79.2 Å². The highest BCUT2D eigenvalue weighted by Gasteiger charge is 2.37. The molecule has 0 aromatic carbocycles. The first-order valence-corrected chi connectivity index (χ1v) is 6.94. The Bertz CT molecular complexity index is 212. The molecular weight excluding hydrogens is 236 g/mol. The molecule has 4 atom stereocenters. The number of unbranched alkanes of at least 4 members (excludes halogenated alkanes) is 5. The number of aliphatic hydroxyl groups is 3. The van der Waals surface area contributed by atoms with Crippen LogP contribution in [0.4, 0.5) is 0 Å². The van der Waals surface area contributed by atoms with Gasteiger partial charge in [0.2, 0.25) is 0 Å². The molecule has 1 heterocycles. The summed E-state index contributed by atoms with van der Waals surface area (Å²) in [5, 5.41) is 28.3. The molecule has 0 aromatic heterocycles. The lowest BCUT2D eigenvalue weighted by molar-refractivity contribution is -0.270. The van der Waals surface area contributed by atoms with E-state index in [0.717, 1.165) is 12.8 Å². The molecule has 0 radical (unpaired) electrons. The number of aliphatic hydroxyl groups excluding tert-OH is 3. The van der Waals surface area contributed by atoms with Crippen LogP contribution in [-0.2, 0) is 9.47 Å². The van der Waals surface area contributed by atoms with Gasteiger partial charge in [-0.25, -0.2) is 0 Å². The third-order valence-electron chi connectivity index (χ3n) is 3.23. The lowest BCUT2D eigenvalue weighted by atomic mass is 10.1. The van der Waals surface area contributed by atoms with Crippen molar-refractivity contribution in [2.24, 2.45) is 0 Å². The van der Waals surface area contributed by atoms with E-state index in [0.29, 0.717) is 6.61 Å². The van der Waals surface area contributed by atoms with Crippen LogP contribution in [-0.4, -0.2) is 53.1 Å². The summed E-state index contributed by atoms with van der Waals surface area (Å²) in [4.78, 5) is 0. The highest BCUT2D eigenvalue weighted by atomic mass is 16.7. The number of ether oxygens (including phenoxy) is 2. The highest BCUT2D eigenvalue weighted by Crippen LogP contribution is 2.17. The van der Waals surface area contributed by atoms with E-state index in [1.165, 1.54) is 25.7 Å². The Morgan fingerprint density at radius 2 is 1.67 bits per heavy atom. The van der Waals surface area contributed by atoms with Crippen LogP contribution in [0.5, 0.6) is 0 Å². The minimum atomic E-state index is -1.19. The fourth-order valence-electron chi connectivity index (χ4n) is 2.01. The first-order chi connectivity index (χ1) is 8.66. The van der Waals surface area contributed by atoms with Gasteiger partial charge in [-0.15, -0.1) is 0 Å². The van der Waals surface area contributed by atoms with Crippen LogP contribution in [0.1, 0.15) is 45.4 Å². The zero-order chi connectivity index (χ0) is 13.4. The summed E-state index contributed by atoms with van der Waals surface area (Å²) < 4.78 is 10.5. The zero-order valence-corrected chi connectivity index (χ0v) is 11.1. The molecule has 3 N–H and O–H groups in total. The fourth-order valence-corrected chi connectivity index (χ4v) is 2.01. The van der Waals surface area contributed by atoms with Crippen LogP contribution in [0.15, 0.2) is 0 Å². The first-order valence-electron chi connectivity index (χ1n) is 6.94. The van der Waals surface area contributed by atoms with Gasteiger partial charge in [-0.05, 0) is 6.42 Å². The standard InChI is InChI=1S/C13H26O5/c1-2-3-4-5-6-7-8-17-13-12(16)11(15)10(14)9-18-13/h10-16H,2-9H2,1H3/t10-,11+,12+,13?/m1/s1. The molecule has 108 valence electrons. The summed E-state index contributed by atoms with van der Waals surface area (Å²) >= 11 is 0. The second-order valence-corrected chi connectivity index (χ2v) is 4.89. The van der Waals surface area contributed by atoms with Crippen LogP contribution in [0.3, 0.4) is 0 Å². The third kappa shape index (κ3) is 5.20. The minimum Gasteiger partial charge on any atom is -0.388 e. The van der Waals surface area contributed by atoms with E-state index in [2.05, 4.69) is 6.92 Å². The Labute approximate surface area is 109 Å². The molecule has 1 unspecified atom stereocenters. The van der Waals surface area contributed by atoms with Crippen molar-refractivity contribution in [2.45, 2.75) is 70.1 Å². The lowest BCUT2D eigenvalue weighted by Crippen LogP contribution is -2.53. The molecule has 1 aliphatic rings. The molecule has 1 rings (SSSR count). The summed E-state index contributed by atoms with van der Waals surface area (Å²) in [5.41, 5.74) is 0. The lowest BCUT2D eigenvalue weighted by Gasteiger charge is -2.34. The van der Waals surface area contributed by atoms with E-state index in [4.69, 9.17) is 9.47 Å². The average Bonchev–Trinajstić information content (AvgIpc) is 2.37. The monoisotopic (exact) mass is 262 g/mol. The zero-order valence-electron chi connectivity index (χ0n) is 11.1. The molecule has 1 saturated heterocycles. The van der Waals surface area contributed by atoms with Gasteiger partial charge in [0.05, 0.1) is 6.61 Å². The average molecular weight is 262 g/mol. The summed E-state index contributed by atoms with van der Waals surface area (Å²) in [6, 6.07) is 0. The molecule has 18 heavy (non-hydrogen) atoms. The number of hydrogen-bond donors (Lipinski definition) is 3. The Morgan fingerprint density at radius 3 is 2.39 bits per heavy atom. The van der Waals surface area contributed by atoms with Gasteiger partial charge < -0.3 is 24.8 Å². The van der Waals surface area contributed by atoms with Crippen LogP contribution in [0.25, 0.3) is 0 Å². The highest BCUT2D eigenvalue weighted by molar-refractivity contribution is 4.82. The van der Waals surface area contributed by atoms with Crippen molar-refractivity contribution < 1.29 is 24.8 Å². The smallest absolute Gasteiger partial charge is 0.186 e. The molecular formula is C13H26O5. The molecule has 0 aliphatic carbocycles. The molecule has 0 amide bonds. The molecule has 0 aromatic rings. The van der Waals surface area contributed by atoms with E-state index in [1.807, 2.05) is 0 Å². The van der Waals surface area contributed by atoms with Gasteiger partial charge in [-0.1, -0.05) is 39.0 Å². The Hall–Kier alpha value is -0.200. The van der Waals surface area contributed by atoms with Gasteiger partial charge in [0, 0.05) is 6.61 Å². The van der Waals surface area contributed by atoms with Crippen molar-refractivity contribution in [1.29, 1.82) is 0 Å². The molecule has 1 aliphatic heterocycles. The molecule has 0 spiro atoms. The fraction of sp³-hybridized carbons (Fsp3) is 1.00. The van der Waals surface area contributed by atoms with Gasteiger partial charge in [0.15, 0.2) is 6.29 Å². The quantitative estimate of drug-likeness (QED) is 0.564. The van der Waals surface area contributed by atoms with Crippen molar-refractivity contribution in [3.63, 3.8) is 0 Å². The van der Waals surface area contributed by atoms with Crippen molar-refractivity contribution in [3.05, 3.63) is 0 Å². The second-order valence-electron chi connectivity index (χ2n) is 4.89. The van der Waals surface area contributed by atoms with Gasteiger partial charge in [-0.2, -0.15) is 0 Å². The van der Waals surface area contributed by atoms with Crippen LogP contribution >= 0.6 is 0 Å². The number of rotatable bonds is 8. The van der Waals surface area contributed by atoms with Crippen LogP contribution < -0.4 is 0 Å². The van der Waals surface area contributed by atoms with Crippen LogP contribution in [0, 0.1) is 0 Å². The van der Waals surface area contributed by atoms with Gasteiger partial charge >= 0.3 is 0 Å². The van der Waals surface area contributed by atoms with Crippen molar-refractivity contribution >= 4 is 0 Å². The maximum Gasteiger partial charge on any atom is 0.186 e. The Balaban J connectivity index is 2.05. The summed E-state index contributed by atoms with van der Waals surface area (Å²) in [7, 11) is 0. The normalized spacial score (nSPS) is 32.7. The maximum atomic E-state index is 9.62. The summed E-state index contributed by atoms with van der Waals surface area (Å²) in [6.07, 6.45) is 2.78. The second kappa shape index (κ2) is 8.82. The molecule has 1 fully saturated rings. The van der Waals surface area contributed by atoms with Crippen molar-refractivity contribution in [1.82, 2.24) is 0 Å². The molecule has 5 nitrogen and oxygen atoms in total. The predicted octanol–water partition coefficient (Wildman–Crippen LogP) is 0.802. The maximum absolute atomic E-state index is 9.62. The van der Waals surface area contributed by atoms with Gasteiger partial charge in [0.25, 0.3) is 0 Å². The van der Waals surface area contributed by atoms with Crippen molar-refractivity contribution in [3.8, 4) is 0 Å². The van der Waals surface area contributed by atoms with Crippen LogP contribution in [0.2, 0.25) is 0 Å². The van der Waals surface area contributed by atoms with E-state index < -0.39 is 24.6 Å². The van der Waals surface area contributed by atoms with Gasteiger partial charge in [0.1, 0.15) is 18.3 Å².